The van der Waals surface area contributed by atoms with E-state index in [1.807, 2.05) is 11.0 Å². The van der Waals surface area contributed by atoms with E-state index in [-0.39, 0.29) is 11.2 Å². The Labute approximate surface area is 114 Å². The first-order valence-electron chi connectivity index (χ1n) is 6.77. The molecule has 19 heavy (non-hydrogen) atoms. The van der Waals surface area contributed by atoms with Crippen LogP contribution in [0.4, 0.5) is 11.6 Å². The highest BCUT2D eigenvalue weighted by Crippen LogP contribution is 2.19. The second-order valence-electron chi connectivity index (χ2n) is 6.24. The summed E-state index contributed by atoms with van der Waals surface area (Å²) in [6, 6.07) is 1.92. The monoisotopic (exact) mass is 262 g/mol. The van der Waals surface area contributed by atoms with Gasteiger partial charge in [-0.25, -0.2) is 9.97 Å². The fraction of sp³-hybridized carbons (Fsp3) is 0.643. The van der Waals surface area contributed by atoms with E-state index in [0.717, 1.165) is 31.1 Å². The van der Waals surface area contributed by atoms with Gasteiger partial charge in [0.25, 0.3) is 0 Å². The van der Waals surface area contributed by atoms with Crippen molar-refractivity contribution in [2.24, 2.45) is 5.41 Å². The number of nitrogens with one attached hydrogen (secondary N) is 1. The van der Waals surface area contributed by atoms with Gasteiger partial charge < -0.3 is 10.2 Å². The molecule has 1 aromatic rings. The molecular formula is C14H22N4O. The maximum absolute atomic E-state index is 11.5. The van der Waals surface area contributed by atoms with Gasteiger partial charge in [0.2, 0.25) is 0 Å². The van der Waals surface area contributed by atoms with Crippen molar-refractivity contribution in [3.05, 3.63) is 12.4 Å². The molecule has 0 radical (unpaired) electrons. The van der Waals surface area contributed by atoms with E-state index in [1.165, 1.54) is 0 Å². The van der Waals surface area contributed by atoms with Crippen LogP contribution in [-0.4, -0.2) is 35.4 Å². The third-order valence-corrected chi connectivity index (χ3v) is 3.03. The van der Waals surface area contributed by atoms with Gasteiger partial charge in [0.1, 0.15) is 18.0 Å². The zero-order valence-corrected chi connectivity index (χ0v) is 11.9. The number of piperidine rings is 1. The first kappa shape index (κ1) is 13.8. The Bertz CT molecular complexity index is 453. The lowest BCUT2D eigenvalue weighted by molar-refractivity contribution is -0.118. The molecule has 0 atom stereocenters. The minimum absolute atomic E-state index is 0.201. The van der Waals surface area contributed by atoms with E-state index in [1.54, 1.807) is 6.33 Å². The molecule has 1 saturated heterocycles. The smallest absolute Gasteiger partial charge is 0.152 e. The number of hydrogen-bond acceptors (Lipinski definition) is 5. The number of rotatable bonds is 3. The Morgan fingerprint density at radius 3 is 2.84 bits per heavy atom. The molecule has 0 aliphatic carbocycles. The third kappa shape index (κ3) is 4.19. The van der Waals surface area contributed by atoms with Gasteiger partial charge in [0, 0.05) is 25.6 Å². The maximum atomic E-state index is 11.5. The van der Waals surface area contributed by atoms with E-state index in [2.05, 4.69) is 36.1 Å². The molecule has 2 heterocycles. The van der Waals surface area contributed by atoms with Gasteiger partial charge in [0.15, 0.2) is 5.78 Å². The molecule has 0 aromatic carbocycles. The summed E-state index contributed by atoms with van der Waals surface area (Å²) in [6.45, 7) is 8.72. The van der Waals surface area contributed by atoms with Crippen molar-refractivity contribution < 1.29 is 4.79 Å². The SMILES string of the molecule is CC(C)(C)CNc1cc(N2CCCC(=O)C2)ncn1. The fourth-order valence-electron chi connectivity index (χ4n) is 2.01. The van der Waals surface area contributed by atoms with Crippen molar-refractivity contribution in [1.82, 2.24) is 9.97 Å². The molecule has 1 aliphatic heterocycles. The zero-order valence-electron chi connectivity index (χ0n) is 11.9. The summed E-state index contributed by atoms with van der Waals surface area (Å²) in [7, 11) is 0. The molecule has 1 fully saturated rings. The molecule has 0 amide bonds. The molecule has 1 aliphatic rings. The van der Waals surface area contributed by atoms with Crippen molar-refractivity contribution in [2.75, 3.05) is 29.9 Å². The molecular weight excluding hydrogens is 240 g/mol. The van der Waals surface area contributed by atoms with Crippen molar-refractivity contribution in [3.8, 4) is 0 Å². The lowest BCUT2D eigenvalue weighted by Gasteiger charge is -2.27. The number of ketones is 1. The van der Waals surface area contributed by atoms with E-state index in [9.17, 15) is 4.79 Å². The first-order valence-corrected chi connectivity index (χ1v) is 6.77. The molecule has 2 rings (SSSR count). The van der Waals surface area contributed by atoms with Crippen LogP contribution in [0.15, 0.2) is 12.4 Å². The number of carbonyl (C=O) groups is 1. The van der Waals surface area contributed by atoms with Crippen LogP contribution >= 0.6 is 0 Å². The minimum Gasteiger partial charge on any atom is -0.369 e. The van der Waals surface area contributed by atoms with E-state index >= 15 is 0 Å². The van der Waals surface area contributed by atoms with Crippen LogP contribution in [0.5, 0.6) is 0 Å². The molecule has 5 heteroatoms. The molecule has 0 unspecified atom stereocenters. The predicted octanol–water partition coefficient (Wildman–Crippen LogP) is 2.10. The Balaban J connectivity index is 2.04. The summed E-state index contributed by atoms with van der Waals surface area (Å²) < 4.78 is 0. The summed E-state index contributed by atoms with van der Waals surface area (Å²) in [5.74, 6) is 1.94. The standard InChI is InChI=1S/C14H22N4O/c1-14(2,3)9-15-12-7-13(17-10-16-12)18-6-4-5-11(19)8-18/h7,10H,4-6,8-9H2,1-3H3,(H,15,16,17). The predicted molar refractivity (Wildman–Crippen MR) is 76.4 cm³/mol. The Kier molecular flexibility index (Phi) is 4.02. The van der Waals surface area contributed by atoms with Crippen LogP contribution in [0, 0.1) is 5.41 Å². The summed E-state index contributed by atoms with van der Waals surface area (Å²) in [6.07, 6.45) is 3.16. The van der Waals surface area contributed by atoms with Crippen molar-refractivity contribution in [1.29, 1.82) is 0 Å². The summed E-state index contributed by atoms with van der Waals surface area (Å²) in [5, 5.41) is 3.31. The minimum atomic E-state index is 0.201. The molecule has 0 bridgehead atoms. The van der Waals surface area contributed by atoms with Crippen molar-refractivity contribution >= 4 is 17.4 Å². The van der Waals surface area contributed by atoms with Gasteiger partial charge in [-0.1, -0.05) is 20.8 Å². The third-order valence-electron chi connectivity index (χ3n) is 3.03. The lowest BCUT2D eigenvalue weighted by Crippen LogP contribution is -2.36. The number of aromatic nitrogens is 2. The zero-order chi connectivity index (χ0) is 13.9. The van der Waals surface area contributed by atoms with Crippen LogP contribution in [-0.2, 0) is 4.79 Å². The average molecular weight is 262 g/mol. The average Bonchev–Trinajstić information content (AvgIpc) is 2.36. The first-order chi connectivity index (χ1) is 8.94. The number of nitrogens with zero attached hydrogens (tertiary/aromatic N) is 3. The summed E-state index contributed by atoms with van der Waals surface area (Å²) >= 11 is 0. The van der Waals surface area contributed by atoms with Gasteiger partial charge in [-0.05, 0) is 11.8 Å². The molecule has 1 aromatic heterocycles. The molecule has 104 valence electrons. The summed E-state index contributed by atoms with van der Waals surface area (Å²) in [4.78, 5) is 22.0. The molecule has 0 spiro atoms. The van der Waals surface area contributed by atoms with Gasteiger partial charge in [-0.2, -0.15) is 0 Å². The quantitative estimate of drug-likeness (QED) is 0.904. The number of anilines is 2. The van der Waals surface area contributed by atoms with Crippen LogP contribution in [0.25, 0.3) is 0 Å². The van der Waals surface area contributed by atoms with E-state index in [4.69, 9.17) is 0 Å². The second kappa shape index (κ2) is 5.55. The van der Waals surface area contributed by atoms with Crippen LogP contribution in [0.2, 0.25) is 0 Å². The normalized spacial score (nSPS) is 16.6. The topological polar surface area (TPSA) is 58.1 Å². The van der Waals surface area contributed by atoms with Gasteiger partial charge >= 0.3 is 0 Å². The highest BCUT2D eigenvalue weighted by molar-refractivity contribution is 5.84. The molecule has 5 nitrogen and oxygen atoms in total. The fourth-order valence-corrected chi connectivity index (χ4v) is 2.01. The van der Waals surface area contributed by atoms with Crippen molar-refractivity contribution in [3.63, 3.8) is 0 Å². The number of hydrogen-bond donors (Lipinski definition) is 1. The Hall–Kier alpha value is -1.65. The van der Waals surface area contributed by atoms with Gasteiger partial charge in [-0.3, -0.25) is 4.79 Å². The highest BCUT2D eigenvalue weighted by atomic mass is 16.1. The van der Waals surface area contributed by atoms with Crippen LogP contribution < -0.4 is 10.2 Å². The highest BCUT2D eigenvalue weighted by Gasteiger charge is 2.18. The van der Waals surface area contributed by atoms with Gasteiger partial charge in [0.05, 0.1) is 6.54 Å². The number of Topliss-reactive ketones (excluding diaryl/α,β-unsaturated/α-hetero) is 1. The second-order valence-corrected chi connectivity index (χ2v) is 6.24. The largest absolute Gasteiger partial charge is 0.369 e. The van der Waals surface area contributed by atoms with Crippen LogP contribution in [0.3, 0.4) is 0 Å². The maximum Gasteiger partial charge on any atom is 0.152 e. The van der Waals surface area contributed by atoms with Gasteiger partial charge in [-0.15, -0.1) is 0 Å². The Morgan fingerprint density at radius 2 is 2.16 bits per heavy atom. The molecule has 1 N–H and O–H groups in total. The number of carbonyl (C=O) groups excluding carboxylic acids is 1. The van der Waals surface area contributed by atoms with Crippen LogP contribution in [0.1, 0.15) is 33.6 Å². The van der Waals surface area contributed by atoms with Crippen molar-refractivity contribution in [2.45, 2.75) is 33.6 Å². The Morgan fingerprint density at radius 1 is 1.37 bits per heavy atom. The molecule has 0 saturated carbocycles. The van der Waals surface area contributed by atoms with E-state index in [0.29, 0.717) is 13.0 Å². The lowest BCUT2D eigenvalue weighted by atomic mass is 9.97. The van der Waals surface area contributed by atoms with E-state index < -0.39 is 0 Å². The summed E-state index contributed by atoms with van der Waals surface area (Å²) in [5.41, 5.74) is 0.201.